The molecule has 19 heavy (non-hydrogen) atoms. The van der Waals surface area contributed by atoms with Crippen LogP contribution in [0, 0.1) is 0 Å². The highest BCUT2D eigenvalue weighted by Crippen LogP contribution is 2.08. The molecule has 1 rings (SSSR count). The van der Waals surface area contributed by atoms with Gasteiger partial charge >= 0.3 is 0 Å². The highest BCUT2D eigenvalue weighted by atomic mass is 16.5. The molecule has 0 aliphatic heterocycles. The molecule has 0 saturated carbocycles. The zero-order valence-electron chi connectivity index (χ0n) is 11.9. The van der Waals surface area contributed by atoms with E-state index in [0.29, 0.717) is 11.8 Å². The predicted octanol–water partition coefficient (Wildman–Crippen LogP) is 2.06. The van der Waals surface area contributed by atoms with Gasteiger partial charge in [0, 0.05) is 32.1 Å². The maximum Gasteiger partial charge on any atom is 0.269 e. The molecule has 5 nitrogen and oxygen atoms in total. The summed E-state index contributed by atoms with van der Waals surface area (Å²) in [5, 5.41) is 5.83. The summed E-state index contributed by atoms with van der Waals surface area (Å²) in [5.41, 5.74) is 1.34. The molecule has 1 amide bonds. The van der Waals surface area contributed by atoms with Gasteiger partial charge in [-0.1, -0.05) is 0 Å². The molecule has 106 valence electrons. The molecule has 0 atom stereocenters. The molecule has 0 aromatic carbocycles. The van der Waals surface area contributed by atoms with Crippen molar-refractivity contribution in [2.24, 2.45) is 0 Å². The zero-order valence-corrected chi connectivity index (χ0v) is 11.9. The van der Waals surface area contributed by atoms with Gasteiger partial charge in [-0.3, -0.25) is 9.78 Å². The molecular formula is C14H23N3O2. The first-order chi connectivity index (χ1) is 9.13. The number of amides is 1. The number of hydrogen-bond donors (Lipinski definition) is 2. The maximum absolute atomic E-state index is 11.4. The molecule has 0 radical (unpaired) electrons. The van der Waals surface area contributed by atoms with E-state index in [4.69, 9.17) is 4.74 Å². The van der Waals surface area contributed by atoms with Crippen molar-refractivity contribution < 1.29 is 9.53 Å². The standard InChI is InChI=1S/C14H23N3O2/c1-11(2)19-9-5-4-7-16-12-6-8-17-13(10-12)14(18)15-3/h6,8,10-11H,4-5,7,9H2,1-3H3,(H,15,18)(H,16,17). The van der Waals surface area contributed by atoms with Crippen molar-refractivity contribution in [1.82, 2.24) is 10.3 Å². The predicted molar refractivity (Wildman–Crippen MR) is 76.4 cm³/mol. The summed E-state index contributed by atoms with van der Waals surface area (Å²) in [6.07, 6.45) is 3.99. The molecule has 1 aromatic rings. The Hall–Kier alpha value is -1.62. The molecule has 5 heteroatoms. The summed E-state index contributed by atoms with van der Waals surface area (Å²) < 4.78 is 5.47. The summed E-state index contributed by atoms with van der Waals surface area (Å²) in [6, 6.07) is 3.61. The summed E-state index contributed by atoms with van der Waals surface area (Å²) >= 11 is 0. The van der Waals surface area contributed by atoms with E-state index in [1.54, 1.807) is 19.3 Å². The number of hydrogen-bond acceptors (Lipinski definition) is 4. The largest absolute Gasteiger partial charge is 0.385 e. The van der Waals surface area contributed by atoms with Crippen LogP contribution in [-0.4, -0.2) is 37.2 Å². The van der Waals surface area contributed by atoms with Crippen LogP contribution in [0.1, 0.15) is 37.2 Å². The van der Waals surface area contributed by atoms with Gasteiger partial charge in [0.05, 0.1) is 6.10 Å². The minimum Gasteiger partial charge on any atom is -0.385 e. The van der Waals surface area contributed by atoms with Gasteiger partial charge in [-0.15, -0.1) is 0 Å². The Morgan fingerprint density at radius 1 is 1.42 bits per heavy atom. The fraction of sp³-hybridized carbons (Fsp3) is 0.571. The van der Waals surface area contributed by atoms with Crippen molar-refractivity contribution in [3.05, 3.63) is 24.0 Å². The third-order valence-electron chi connectivity index (χ3n) is 2.57. The molecule has 1 heterocycles. The second-order valence-electron chi connectivity index (χ2n) is 4.56. The van der Waals surface area contributed by atoms with Crippen LogP contribution < -0.4 is 10.6 Å². The highest BCUT2D eigenvalue weighted by Gasteiger charge is 2.04. The van der Waals surface area contributed by atoms with Crippen LogP contribution in [0.2, 0.25) is 0 Å². The van der Waals surface area contributed by atoms with E-state index in [2.05, 4.69) is 15.6 Å². The molecule has 0 spiro atoms. The number of rotatable bonds is 8. The molecule has 0 saturated heterocycles. The van der Waals surface area contributed by atoms with Gasteiger partial charge in [0.15, 0.2) is 0 Å². The summed E-state index contributed by atoms with van der Waals surface area (Å²) in [7, 11) is 1.60. The number of aromatic nitrogens is 1. The molecule has 2 N–H and O–H groups in total. The molecule has 0 unspecified atom stereocenters. The van der Waals surface area contributed by atoms with Gasteiger partial charge < -0.3 is 15.4 Å². The second-order valence-corrected chi connectivity index (χ2v) is 4.56. The van der Waals surface area contributed by atoms with Crippen molar-refractivity contribution in [3.8, 4) is 0 Å². The smallest absolute Gasteiger partial charge is 0.269 e. The Bertz CT molecular complexity index is 394. The average Bonchev–Trinajstić information content (AvgIpc) is 2.41. The number of nitrogens with zero attached hydrogens (tertiary/aromatic N) is 1. The molecule has 1 aromatic heterocycles. The first-order valence-corrected chi connectivity index (χ1v) is 6.67. The monoisotopic (exact) mass is 265 g/mol. The summed E-state index contributed by atoms with van der Waals surface area (Å²) in [4.78, 5) is 15.4. The van der Waals surface area contributed by atoms with Crippen molar-refractivity contribution in [2.75, 3.05) is 25.5 Å². The van der Waals surface area contributed by atoms with Gasteiger partial charge in [-0.05, 0) is 38.8 Å². The Morgan fingerprint density at radius 2 is 2.21 bits per heavy atom. The number of pyridine rings is 1. The lowest BCUT2D eigenvalue weighted by molar-refractivity contribution is 0.0765. The third-order valence-corrected chi connectivity index (χ3v) is 2.57. The van der Waals surface area contributed by atoms with Gasteiger partial charge in [0.2, 0.25) is 0 Å². The van der Waals surface area contributed by atoms with Crippen LogP contribution in [0.15, 0.2) is 18.3 Å². The van der Waals surface area contributed by atoms with E-state index in [-0.39, 0.29) is 5.91 Å². The highest BCUT2D eigenvalue weighted by molar-refractivity contribution is 5.92. The Morgan fingerprint density at radius 3 is 2.89 bits per heavy atom. The zero-order chi connectivity index (χ0) is 14.1. The molecule has 0 bridgehead atoms. The third kappa shape index (κ3) is 6.20. The van der Waals surface area contributed by atoms with Crippen LogP contribution in [0.4, 0.5) is 5.69 Å². The van der Waals surface area contributed by atoms with Gasteiger partial charge in [0.25, 0.3) is 5.91 Å². The van der Waals surface area contributed by atoms with E-state index in [1.807, 2.05) is 19.9 Å². The first-order valence-electron chi connectivity index (χ1n) is 6.67. The Kier molecular flexibility index (Phi) is 6.89. The van der Waals surface area contributed by atoms with Crippen LogP contribution in [-0.2, 0) is 4.74 Å². The van der Waals surface area contributed by atoms with Crippen molar-refractivity contribution in [1.29, 1.82) is 0 Å². The van der Waals surface area contributed by atoms with Crippen molar-refractivity contribution >= 4 is 11.6 Å². The van der Waals surface area contributed by atoms with Crippen LogP contribution >= 0.6 is 0 Å². The normalized spacial score (nSPS) is 10.5. The number of nitrogens with one attached hydrogen (secondary N) is 2. The lowest BCUT2D eigenvalue weighted by Gasteiger charge is -2.09. The fourth-order valence-electron chi connectivity index (χ4n) is 1.57. The van der Waals surface area contributed by atoms with Gasteiger partial charge in [-0.2, -0.15) is 0 Å². The van der Waals surface area contributed by atoms with E-state index < -0.39 is 0 Å². The first kappa shape index (κ1) is 15.4. The van der Waals surface area contributed by atoms with Crippen LogP contribution in [0.25, 0.3) is 0 Å². The van der Waals surface area contributed by atoms with Crippen LogP contribution in [0.3, 0.4) is 0 Å². The second kappa shape index (κ2) is 8.48. The van der Waals surface area contributed by atoms with Crippen molar-refractivity contribution in [3.63, 3.8) is 0 Å². The number of anilines is 1. The number of unbranched alkanes of at least 4 members (excludes halogenated alkanes) is 1. The fourth-order valence-corrected chi connectivity index (χ4v) is 1.57. The SMILES string of the molecule is CNC(=O)c1cc(NCCCCOC(C)C)ccn1. The number of ether oxygens (including phenoxy) is 1. The Labute approximate surface area is 114 Å². The van der Waals surface area contributed by atoms with Gasteiger partial charge in [-0.25, -0.2) is 0 Å². The van der Waals surface area contributed by atoms with Crippen LogP contribution in [0.5, 0.6) is 0 Å². The van der Waals surface area contributed by atoms with Crippen molar-refractivity contribution in [2.45, 2.75) is 32.8 Å². The maximum atomic E-state index is 11.4. The molecule has 0 fully saturated rings. The quantitative estimate of drug-likeness (QED) is 0.706. The summed E-state index contributed by atoms with van der Waals surface area (Å²) in [5.74, 6) is -0.172. The lowest BCUT2D eigenvalue weighted by Crippen LogP contribution is -2.19. The number of carbonyl (C=O) groups is 1. The average molecular weight is 265 g/mol. The molecular weight excluding hydrogens is 242 g/mol. The molecule has 0 aliphatic rings. The lowest BCUT2D eigenvalue weighted by atomic mass is 10.2. The van der Waals surface area contributed by atoms with E-state index >= 15 is 0 Å². The van der Waals surface area contributed by atoms with E-state index in [1.165, 1.54) is 0 Å². The number of carbonyl (C=O) groups excluding carboxylic acids is 1. The minimum absolute atomic E-state index is 0.172. The molecule has 0 aliphatic carbocycles. The minimum atomic E-state index is -0.172. The topological polar surface area (TPSA) is 63.2 Å². The van der Waals surface area contributed by atoms with E-state index in [0.717, 1.165) is 31.7 Å². The summed E-state index contributed by atoms with van der Waals surface area (Å²) in [6.45, 7) is 5.73. The van der Waals surface area contributed by atoms with E-state index in [9.17, 15) is 4.79 Å². The van der Waals surface area contributed by atoms with Gasteiger partial charge in [0.1, 0.15) is 5.69 Å². The Balaban J connectivity index is 2.27.